The van der Waals surface area contributed by atoms with Crippen LogP contribution in [0, 0.1) is 27.7 Å². The van der Waals surface area contributed by atoms with Crippen molar-refractivity contribution in [2.24, 2.45) is 9.98 Å². The fraction of sp³-hybridized carbons (Fsp3) is 0.385. The molecule has 4 N–H and O–H groups in total. The van der Waals surface area contributed by atoms with Crippen LogP contribution in [0.15, 0.2) is 105 Å². The van der Waals surface area contributed by atoms with Crippen LogP contribution in [-0.4, -0.2) is 113 Å². The van der Waals surface area contributed by atoms with Gasteiger partial charge in [-0.1, -0.05) is 61.6 Å². The van der Waals surface area contributed by atoms with E-state index in [-0.39, 0.29) is 89.5 Å². The lowest BCUT2D eigenvalue weighted by atomic mass is 9.89. The molecule has 4 aromatic rings. The largest absolute Gasteiger partial charge is 0.573 e. The normalized spacial score (nSPS) is 17.3. The zero-order valence-electron chi connectivity index (χ0n) is 41.5. The van der Waals surface area contributed by atoms with Crippen molar-refractivity contribution in [1.29, 1.82) is 0 Å². The molecule has 2 spiro atoms. The molecule has 0 aromatic heterocycles. The monoisotopic (exact) mass is 1180 g/mol. The molecule has 0 atom stereocenters. The van der Waals surface area contributed by atoms with Gasteiger partial charge in [-0.15, -0.1) is 26.3 Å². The van der Waals surface area contributed by atoms with Crippen molar-refractivity contribution in [1.82, 2.24) is 19.2 Å². The summed E-state index contributed by atoms with van der Waals surface area (Å²) < 4.78 is 136. The zero-order valence-corrected chi connectivity index (χ0v) is 44.8. The number of carbonyl (C=O) groups excluding carboxylic acids is 2. The number of anilines is 2. The smallest absolute Gasteiger partial charge is 0.406 e. The van der Waals surface area contributed by atoms with Gasteiger partial charge in [-0.05, 0) is 136 Å². The molecular weight excluding hydrogens is 1120 g/mol. The van der Waals surface area contributed by atoms with Crippen molar-refractivity contribution in [3.05, 3.63) is 134 Å². The maximum atomic E-state index is 13.0. The summed E-state index contributed by atoms with van der Waals surface area (Å²) in [6.07, 6.45) is -7.49. The first-order valence-electron chi connectivity index (χ1n) is 23.1. The van der Waals surface area contributed by atoms with E-state index in [1.165, 1.54) is 59.6 Å². The van der Waals surface area contributed by atoms with Crippen molar-refractivity contribution in [2.75, 3.05) is 50.9 Å². The number of aryl methyl sites for hydroxylation is 4. The van der Waals surface area contributed by atoms with Crippen LogP contribution in [0.4, 0.5) is 37.7 Å². The Bertz CT molecular complexity index is 3110. The number of carbonyl (C=O) groups is 2. The maximum Gasteiger partial charge on any atom is 0.573 e. The summed E-state index contributed by atoms with van der Waals surface area (Å²) in [6, 6.07) is 18.4. The first-order chi connectivity index (χ1) is 35.0. The van der Waals surface area contributed by atoms with Gasteiger partial charge in [0.15, 0.2) is 0 Å². The Hall–Kier alpha value is -6.28. The number of halogens is 7. The number of nitrogens with zero attached hydrogens (tertiary/aromatic N) is 4. The second-order valence-corrected chi connectivity index (χ2v) is 22.3. The van der Waals surface area contributed by atoms with Crippen LogP contribution in [0.3, 0.4) is 0 Å². The molecule has 2 amide bonds. The molecule has 4 heterocycles. The summed E-state index contributed by atoms with van der Waals surface area (Å²) in [5, 5.41) is 13.4. The van der Waals surface area contributed by atoms with E-state index in [9.17, 15) is 52.8 Å². The summed E-state index contributed by atoms with van der Waals surface area (Å²) in [7, 11) is -3.58. The molecule has 4 aromatic carbocycles. The van der Waals surface area contributed by atoms with Gasteiger partial charge < -0.3 is 30.7 Å². The molecule has 0 aliphatic carbocycles. The second kappa shape index (κ2) is 25.0. The highest BCUT2D eigenvalue weighted by Crippen LogP contribution is 2.35. The average Bonchev–Trinajstić information content (AvgIpc) is 3.83. The fourth-order valence-electron chi connectivity index (χ4n) is 8.70. The van der Waals surface area contributed by atoms with Crippen molar-refractivity contribution < 1.29 is 62.2 Å². The minimum Gasteiger partial charge on any atom is -0.406 e. The number of aliphatic imine (C=N–C) groups is 2. The lowest BCUT2D eigenvalue weighted by Gasteiger charge is -2.34. The Morgan fingerprint density at radius 3 is 1.35 bits per heavy atom. The van der Waals surface area contributed by atoms with Crippen LogP contribution in [0.5, 0.6) is 11.5 Å². The molecule has 0 unspecified atom stereocenters. The second-order valence-electron chi connectivity index (χ2n) is 17.8. The van der Waals surface area contributed by atoms with Crippen LogP contribution in [0.1, 0.15) is 79.5 Å². The quantitative estimate of drug-likeness (QED) is 0.105. The Kier molecular flexibility index (Phi) is 20.6. The van der Waals surface area contributed by atoms with Gasteiger partial charge in [0.25, 0.3) is 11.8 Å². The predicted octanol–water partition coefficient (Wildman–Crippen LogP) is 10.1. The van der Waals surface area contributed by atoms with Crippen LogP contribution < -0.4 is 30.7 Å². The van der Waals surface area contributed by atoms with Gasteiger partial charge >= 0.3 is 12.7 Å². The third kappa shape index (κ3) is 15.7. The zero-order chi connectivity index (χ0) is 55.3. The number of piperidine rings is 2. The number of rotatable bonds is 11. The van der Waals surface area contributed by atoms with Crippen LogP contribution in [0.25, 0.3) is 6.08 Å². The maximum absolute atomic E-state index is 13.0. The molecule has 2 fully saturated rings. The molecule has 2 saturated heterocycles. The van der Waals surface area contributed by atoms with Crippen LogP contribution in [-0.2, 0) is 29.6 Å². The standard InChI is InChI=1S/C25H27F3N4O4S.C16H16F3N3O4S.C9H12BrN.2CH4/c1-16-13-19(29-3)14-17(2)21(16)7-12-37(34,35)32-10-8-24(9-11-32)23(33)30-22(31-24)18-5-4-6-20(15-18)36-25(26,27)28;1-2-27(24,25)22-8-6-15(7-9-22)14(23)20-13(21-15)11-4-3-5-12(10-11)26-16(17,18)19;1-6-4-8(11-3)5-7(2)9(6)10;;/h4-7,12-15,29H,8-11H2,1-3H3,(H,30,31,33);2-5,10H,1,6-9H2,(H,20,21,23);4-5,11H,1-3H3;2*1H4/b12-7+;;;;. The molecule has 8 rings (SSSR count). The van der Waals surface area contributed by atoms with E-state index >= 15 is 0 Å². The Morgan fingerprint density at radius 2 is 1.00 bits per heavy atom. The van der Waals surface area contributed by atoms with Gasteiger partial charge in [-0.25, -0.2) is 16.8 Å². The molecule has 0 bridgehead atoms. The molecule has 420 valence electrons. The topological polar surface area (TPSA) is 200 Å². The number of sulfonamides is 2. The first kappa shape index (κ1) is 63.3. The van der Waals surface area contributed by atoms with Gasteiger partial charge in [-0.2, -0.15) is 8.61 Å². The lowest BCUT2D eigenvalue weighted by molar-refractivity contribution is -0.275. The third-order valence-corrected chi connectivity index (χ3v) is 17.0. The number of nitrogens with one attached hydrogen (secondary N) is 4. The van der Waals surface area contributed by atoms with Crippen LogP contribution in [0.2, 0.25) is 0 Å². The molecular formula is C52H63BrF6N8O8S2. The summed E-state index contributed by atoms with van der Waals surface area (Å²) >= 11 is 3.51. The third-order valence-electron chi connectivity index (χ3n) is 12.7. The highest BCUT2D eigenvalue weighted by atomic mass is 79.9. The highest BCUT2D eigenvalue weighted by molar-refractivity contribution is 9.10. The van der Waals surface area contributed by atoms with E-state index in [0.717, 1.165) is 52.1 Å². The lowest BCUT2D eigenvalue weighted by Crippen LogP contribution is -2.50. The van der Waals surface area contributed by atoms with E-state index < -0.39 is 67.2 Å². The van der Waals surface area contributed by atoms with Crippen molar-refractivity contribution in [3.63, 3.8) is 0 Å². The molecule has 4 aliphatic rings. The average molecular weight is 1190 g/mol. The fourth-order valence-corrected chi connectivity index (χ4v) is 11.0. The highest BCUT2D eigenvalue weighted by Gasteiger charge is 2.49. The number of ether oxygens (including phenoxy) is 2. The molecule has 16 nitrogen and oxygen atoms in total. The minimum atomic E-state index is -4.85. The minimum absolute atomic E-state index is 0. The summed E-state index contributed by atoms with van der Waals surface area (Å²) in [5.41, 5.74) is 5.55. The Morgan fingerprint density at radius 1 is 0.636 bits per heavy atom. The van der Waals surface area contributed by atoms with E-state index in [1.807, 2.05) is 40.1 Å². The van der Waals surface area contributed by atoms with E-state index in [2.05, 4.69) is 89.2 Å². The van der Waals surface area contributed by atoms with E-state index in [0.29, 0.717) is 0 Å². The number of benzene rings is 4. The number of amides is 2. The van der Waals surface area contributed by atoms with Crippen molar-refractivity contribution in [2.45, 2.75) is 92.0 Å². The van der Waals surface area contributed by atoms with Crippen molar-refractivity contribution in [3.8, 4) is 11.5 Å². The summed E-state index contributed by atoms with van der Waals surface area (Å²) in [4.78, 5) is 34.1. The van der Waals surface area contributed by atoms with Gasteiger partial charge in [0.05, 0.1) is 0 Å². The molecule has 25 heteroatoms. The van der Waals surface area contributed by atoms with E-state index in [1.54, 1.807) is 6.08 Å². The van der Waals surface area contributed by atoms with Crippen molar-refractivity contribution >= 4 is 76.9 Å². The molecule has 4 aliphatic heterocycles. The van der Waals surface area contributed by atoms with Gasteiger partial charge in [0.1, 0.15) is 34.2 Å². The van der Waals surface area contributed by atoms with Crippen LogP contribution >= 0.6 is 15.9 Å². The first-order valence-corrected chi connectivity index (χ1v) is 26.9. The molecule has 77 heavy (non-hydrogen) atoms. The number of hydrogen-bond donors (Lipinski definition) is 4. The Balaban J connectivity index is 0.000000279. The van der Waals surface area contributed by atoms with E-state index in [4.69, 9.17) is 0 Å². The predicted molar refractivity (Wildman–Crippen MR) is 292 cm³/mol. The van der Waals surface area contributed by atoms with Gasteiger partial charge in [0, 0.05) is 78.1 Å². The molecule has 0 radical (unpaired) electrons. The summed E-state index contributed by atoms with van der Waals surface area (Å²) in [6.45, 7) is 11.6. The number of amidine groups is 2. The number of alkyl halides is 6. The Labute approximate surface area is 454 Å². The number of hydrogen-bond acceptors (Lipinski definition) is 12. The van der Waals surface area contributed by atoms with Gasteiger partial charge in [-0.3, -0.25) is 19.6 Å². The summed E-state index contributed by atoms with van der Waals surface area (Å²) in [5.74, 6) is -1.41. The molecule has 0 saturated carbocycles. The van der Waals surface area contributed by atoms with Gasteiger partial charge in [0.2, 0.25) is 20.0 Å². The SMILES string of the molecule is C.C.C=CS(=O)(=O)N1CCC2(CC1)N=C(c1cccc(OC(F)(F)F)c1)NC2=O.CNc1cc(C)c(/C=C/S(=O)(=O)N2CCC3(CC2)N=C(c2cccc(OC(F)(F)F)c2)NC3=O)c(C)c1.CNc1cc(C)c(Br)c(C)c1.